The summed E-state index contributed by atoms with van der Waals surface area (Å²) in [5.74, 6) is 0.0294. The number of aromatic nitrogens is 1. The highest BCUT2D eigenvalue weighted by Gasteiger charge is 2.25. The van der Waals surface area contributed by atoms with E-state index in [2.05, 4.69) is 0 Å². The fraction of sp³-hybridized carbons (Fsp3) is 0.600. The molecule has 1 N–H and O–H groups in total. The zero-order chi connectivity index (χ0) is 14.4. The molecule has 0 spiro atoms. The molecule has 110 valence electrons. The Morgan fingerprint density at radius 2 is 2.10 bits per heavy atom. The van der Waals surface area contributed by atoms with E-state index in [1.807, 2.05) is 0 Å². The third kappa shape index (κ3) is 3.70. The van der Waals surface area contributed by atoms with Gasteiger partial charge in [-0.2, -0.15) is 0 Å². The van der Waals surface area contributed by atoms with Crippen molar-refractivity contribution in [2.45, 2.75) is 44.7 Å². The fourth-order valence-electron chi connectivity index (χ4n) is 2.84. The molecule has 5 heteroatoms. The molecule has 1 heterocycles. The first-order chi connectivity index (χ1) is 9.72. The first-order valence-corrected chi connectivity index (χ1v) is 7.28. The molecule has 0 atom stereocenters. The smallest absolute Gasteiger partial charge is 0.250 e. The van der Waals surface area contributed by atoms with E-state index >= 15 is 0 Å². The van der Waals surface area contributed by atoms with Gasteiger partial charge < -0.3 is 14.6 Å². The minimum Gasteiger partial charge on any atom is -0.395 e. The van der Waals surface area contributed by atoms with Crippen molar-refractivity contribution in [3.05, 3.63) is 34.7 Å². The molecule has 1 amide bonds. The van der Waals surface area contributed by atoms with Gasteiger partial charge >= 0.3 is 0 Å². The van der Waals surface area contributed by atoms with E-state index in [0.717, 1.165) is 25.7 Å². The summed E-state index contributed by atoms with van der Waals surface area (Å²) in [5, 5.41) is 9.13. The summed E-state index contributed by atoms with van der Waals surface area (Å²) in [4.78, 5) is 25.7. The second-order valence-corrected chi connectivity index (χ2v) is 5.23. The lowest BCUT2D eigenvalue weighted by molar-refractivity contribution is -0.134. The van der Waals surface area contributed by atoms with Crippen molar-refractivity contribution in [3.63, 3.8) is 0 Å². The van der Waals surface area contributed by atoms with Crippen molar-refractivity contribution in [2.24, 2.45) is 0 Å². The van der Waals surface area contributed by atoms with Crippen LogP contribution in [0.2, 0.25) is 0 Å². The summed E-state index contributed by atoms with van der Waals surface area (Å²) >= 11 is 0. The summed E-state index contributed by atoms with van der Waals surface area (Å²) in [6, 6.07) is 5.24. The number of aliphatic hydroxyl groups excluding tert-OH is 1. The lowest BCUT2D eigenvalue weighted by Gasteiger charge is -2.28. The number of nitrogens with zero attached hydrogens (tertiary/aromatic N) is 2. The van der Waals surface area contributed by atoms with E-state index in [1.54, 1.807) is 27.8 Å². The Morgan fingerprint density at radius 1 is 1.35 bits per heavy atom. The minimum atomic E-state index is -0.0881. The first-order valence-electron chi connectivity index (χ1n) is 7.28. The second kappa shape index (κ2) is 7.24. The Kier molecular flexibility index (Phi) is 5.35. The highest BCUT2D eigenvalue weighted by Crippen LogP contribution is 2.23. The Bertz CT molecular complexity index is 492. The van der Waals surface area contributed by atoms with E-state index < -0.39 is 0 Å². The monoisotopic (exact) mass is 278 g/mol. The highest BCUT2D eigenvalue weighted by molar-refractivity contribution is 5.76. The molecular weight excluding hydrogens is 256 g/mol. The average molecular weight is 278 g/mol. The molecule has 1 saturated carbocycles. The average Bonchev–Trinajstić information content (AvgIpc) is 2.97. The fourth-order valence-corrected chi connectivity index (χ4v) is 2.84. The van der Waals surface area contributed by atoms with Crippen LogP contribution in [0.3, 0.4) is 0 Å². The molecule has 0 aliphatic heterocycles. The predicted octanol–water partition coefficient (Wildman–Crippen LogP) is 1.00. The Hall–Kier alpha value is -1.62. The van der Waals surface area contributed by atoms with Gasteiger partial charge in [0.2, 0.25) is 5.91 Å². The van der Waals surface area contributed by atoms with Gasteiger partial charge in [0.15, 0.2) is 0 Å². The van der Waals surface area contributed by atoms with Gasteiger partial charge in [-0.3, -0.25) is 9.59 Å². The summed E-state index contributed by atoms with van der Waals surface area (Å²) in [5.41, 5.74) is -0.0881. The van der Waals surface area contributed by atoms with Gasteiger partial charge in [-0.05, 0) is 18.9 Å². The van der Waals surface area contributed by atoms with Crippen LogP contribution in [0.1, 0.15) is 32.1 Å². The van der Waals surface area contributed by atoms with Gasteiger partial charge in [0.05, 0.1) is 6.61 Å². The number of aryl methyl sites for hydroxylation is 1. The Morgan fingerprint density at radius 3 is 2.75 bits per heavy atom. The van der Waals surface area contributed by atoms with Crippen LogP contribution in [0, 0.1) is 0 Å². The van der Waals surface area contributed by atoms with Crippen LogP contribution in [-0.4, -0.2) is 39.7 Å². The molecule has 0 saturated heterocycles. The van der Waals surface area contributed by atoms with E-state index in [0.29, 0.717) is 19.5 Å². The van der Waals surface area contributed by atoms with Crippen molar-refractivity contribution in [2.75, 3.05) is 13.2 Å². The summed E-state index contributed by atoms with van der Waals surface area (Å²) in [7, 11) is 0. The maximum absolute atomic E-state index is 12.3. The van der Waals surface area contributed by atoms with Gasteiger partial charge in [0.25, 0.3) is 5.56 Å². The number of carbonyl (C=O) groups excluding carboxylic acids is 1. The third-order valence-electron chi connectivity index (χ3n) is 3.89. The van der Waals surface area contributed by atoms with Gasteiger partial charge in [-0.25, -0.2) is 0 Å². The maximum atomic E-state index is 12.3. The minimum absolute atomic E-state index is 0.00642. The standard InChI is InChI=1S/C15H22N2O3/c18-12-11-17(13-5-1-2-6-13)15(20)8-10-16-9-4-3-7-14(16)19/h3-4,7,9,13,18H,1-2,5-6,8,10-12H2. The van der Waals surface area contributed by atoms with E-state index in [4.69, 9.17) is 5.11 Å². The zero-order valence-corrected chi connectivity index (χ0v) is 11.7. The summed E-state index contributed by atoms with van der Waals surface area (Å²) in [6.45, 7) is 0.786. The summed E-state index contributed by atoms with van der Waals surface area (Å²) < 4.78 is 1.55. The summed E-state index contributed by atoms with van der Waals surface area (Å²) in [6.07, 6.45) is 6.35. The SMILES string of the molecule is O=C(CCn1ccccc1=O)N(CCO)C1CCCC1. The molecule has 1 aliphatic rings. The van der Waals surface area contributed by atoms with Crippen LogP contribution in [0.5, 0.6) is 0 Å². The van der Waals surface area contributed by atoms with E-state index in [1.165, 1.54) is 6.07 Å². The number of pyridine rings is 1. The van der Waals surface area contributed by atoms with Gasteiger partial charge in [-0.1, -0.05) is 18.9 Å². The van der Waals surface area contributed by atoms with Crippen molar-refractivity contribution < 1.29 is 9.90 Å². The molecule has 5 nitrogen and oxygen atoms in total. The maximum Gasteiger partial charge on any atom is 0.250 e. The van der Waals surface area contributed by atoms with Crippen LogP contribution in [0.25, 0.3) is 0 Å². The van der Waals surface area contributed by atoms with Gasteiger partial charge in [0.1, 0.15) is 0 Å². The molecular formula is C15H22N2O3. The number of rotatable bonds is 6. The van der Waals surface area contributed by atoms with Crippen molar-refractivity contribution in [1.29, 1.82) is 0 Å². The first kappa shape index (κ1) is 14.8. The highest BCUT2D eigenvalue weighted by atomic mass is 16.3. The molecule has 2 rings (SSSR count). The largest absolute Gasteiger partial charge is 0.395 e. The molecule has 0 radical (unpaired) electrons. The van der Waals surface area contributed by atoms with Gasteiger partial charge in [-0.15, -0.1) is 0 Å². The number of hydrogen-bond acceptors (Lipinski definition) is 3. The molecule has 1 fully saturated rings. The molecule has 0 aromatic carbocycles. The number of carbonyl (C=O) groups is 1. The zero-order valence-electron chi connectivity index (χ0n) is 11.7. The Balaban J connectivity index is 1.94. The van der Waals surface area contributed by atoms with Crippen molar-refractivity contribution in [1.82, 2.24) is 9.47 Å². The molecule has 0 bridgehead atoms. The number of aliphatic hydroxyl groups is 1. The molecule has 20 heavy (non-hydrogen) atoms. The van der Waals surface area contributed by atoms with Crippen molar-refractivity contribution >= 4 is 5.91 Å². The number of amides is 1. The molecule has 1 aliphatic carbocycles. The predicted molar refractivity (Wildman–Crippen MR) is 76.4 cm³/mol. The quantitative estimate of drug-likeness (QED) is 0.844. The normalized spacial score (nSPS) is 15.4. The van der Waals surface area contributed by atoms with Crippen LogP contribution in [-0.2, 0) is 11.3 Å². The second-order valence-electron chi connectivity index (χ2n) is 5.23. The van der Waals surface area contributed by atoms with Crippen LogP contribution in [0.15, 0.2) is 29.2 Å². The van der Waals surface area contributed by atoms with Crippen LogP contribution >= 0.6 is 0 Å². The number of hydrogen-bond donors (Lipinski definition) is 1. The third-order valence-corrected chi connectivity index (χ3v) is 3.89. The molecule has 0 unspecified atom stereocenters. The topological polar surface area (TPSA) is 62.5 Å². The van der Waals surface area contributed by atoms with Crippen LogP contribution in [0.4, 0.5) is 0 Å². The van der Waals surface area contributed by atoms with E-state index in [-0.39, 0.29) is 24.1 Å². The Labute approximate surface area is 118 Å². The molecule has 1 aromatic heterocycles. The van der Waals surface area contributed by atoms with Gasteiger partial charge in [0, 0.05) is 37.8 Å². The van der Waals surface area contributed by atoms with Crippen molar-refractivity contribution in [3.8, 4) is 0 Å². The van der Waals surface area contributed by atoms with Crippen LogP contribution < -0.4 is 5.56 Å². The lowest BCUT2D eigenvalue weighted by atomic mass is 10.2. The van der Waals surface area contributed by atoms with E-state index in [9.17, 15) is 9.59 Å². The lowest BCUT2D eigenvalue weighted by Crippen LogP contribution is -2.41. The molecule has 1 aromatic rings.